The first-order valence-corrected chi connectivity index (χ1v) is 6.60. The van der Waals surface area contributed by atoms with E-state index >= 15 is 0 Å². The number of ketones is 1. The third kappa shape index (κ3) is 3.55. The Morgan fingerprint density at radius 3 is 2.68 bits per heavy atom. The highest BCUT2D eigenvalue weighted by atomic mass is 79.9. The van der Waals surface area contributed by atoms with Crippen LogP contribution >= 0.6 is 27.5 Å². The maximum Gasteiger partial charge on any atom is 0.201 e. The van der Waals surface area contributed by atoms with Gasteiger partial charge < -0.3 is 4.74 Å². The Morgan fingerprint density at radius 1 is 1.26 bits per heavy atom. The summed E-state index contributed by atoms with van der Waals surface area (Å²) in [6.45, 7) is -0.190. The van der Waals surface area contributed by atoms with Gasteiger partial charge in [-0.3, -0.25) is 4.79 Å². The molecule has 0 saturated carbocycles. The molecule has 0 aliphatic carbocycles. The molecule has 19 heavy (non-hydrogen) atoms. The van der Waals surface area contributed by atoms with E-state index in [1.165, 1.54) is 12.1 Å². The van der Waals surface area contributed by atoms with Gasteiger partial charge in [-0.2, -0.15) is 0 Å². The van der Waals surface area contributed by atoms with Crippen molar-refractivity contribution in [1.82, 2.24) is 0 Å². The van der Waals surface area contributed by atoms with Gasteiger partial charge in [0.15, 0.2) is 6.61 Å². The van der Waals surface area contributed by atoms with Crippen LogP contribution in [0.15, 0.2) is 46.9 Å². The Bertz CT molecular complexity index is 616. The van der Waals surface area contributed by atoms with E-state index in [1.54, 1.807) is 30.3 Å². The van der Waals surface area contributed by atoms with E-state index in [9.17, 15) is 9.18 Å². The van der Waals surface area contributed by atoms with Gasteiger partial charge in [0, 0.05) is 11.6 Å². The number of carbonyl (C=O) groups is 1. The van der Waals surface area contributed by atoms with E-state index in [-0.39, 0.29) is 12.4 Å². The fourth-order valence-corrected chi connectivity index (χ4v) is 1.97. The number of hydrogen-bond acceptors (Lipinski definition) is 2. The van der Waals surface area contributed by atoms with Gasteiger partial charge in [-0.05, 0) is 40.2 Å². The SMILES string of the molecule is O=C(COc1ccc(Br)c(F)c1)c1ccccc1Cl. The van der Waals surface area contributed by atoms with Crippen molar-refractivity contribution in [1.29, 1.82) is 0 Å². The van der Waals surface area contributed by atoms with Gasteiger partial charge in [-0.1, -0.05) is 23.7 Å². The van der Waals surface area contributed by atoms with E-state index in [2.05, 4.69) is 15.9 Å². The lowest BCUT2D eigenvalue weighted by Crippen LogP contribution is -2.12. The molecule has 2 aromatic carbocycles. The molecule has 0 N–H and O–H groups in total. The second kappa shape index (κ2) is 6.17. The monoisotopic (exact) mass is 342 g/mol. The molecule has 98 valence electrons. The number of ether oxygens (including phenoxy) is 1. The van der Waals surface area contributed by atoms with Crippen molar-refractivity contribution in [2.24, 2.45) is 0 Å². The highest BCUT2D eigenvalue weighted by Crippen LogP contribution is 2.21. The second-order valence-electron chi connectivity index (χ2n) is 3.77. The first-order chi connectivity index (χ1) is 9.08. The summed E-state index contributed by atoms with van der Waals surface area (Å²) in [4.78, 5) is 11.9. The number of rotatable bonds is 4. The molecule has 0 aliphatic heterocycles. The van der Waals surface area contributed by atoms with Crippen molar-refractivity contribution in [2.75, 3.05) is 6.61 Å². The standard InChI is InChI=1S/C14H9BrClFO2/c15-11-6-5-9(7-13(11)17)19-8-14(18)10-3-1-2-4-12(10)16/h1-7H,8H2. The van der Waals surface area contributed by atoms with E-state index in [4.69, 9.17) is 16.3 Å². The fourth-order valence-electron chi connectivity index (χ4n) is 1.48. The predicted octanol–water partition coefficient (Wildman–Crippen LogP) is 4.50. The van der Waals surface area contributed by atoms with Gasteiger partial charge in [0.2, 0.25) is 5.78 Å². The van der Waals surface area contributed by atoms with Crippen LogP contribution in [0.4, 0.5) is 4.39 Å². The lowest BCUT2D eigenvalue weighted by atomic mass is 10.1. The molecule has 0 aliphatic rings. The summed E-state index contributed by atoms with van der Waals surface area (Å²) < 4.78 is 18.8. The van der Waals surface area contributed by atoms with Gasteiger partial charge in [-0.25, -0.2) is 4.39 Å². The van der Waals surface area contributed by atoms with Crippen LogP contribution in [0.3, 0.4) is 0 Å². The average Bonchev–Trinajstić information content (AvgIpc) is 2.40. The Labute approximate surface area is 123 Å². The van der Waals surface area contributed by atoms with Crippen LogP contribution in [0.25, 0.3) is 0 Å². The number of halogens is 3. The van der Waals surface area contributed by atoms with Crippen LogP contribution in [0.5, 0.6) is 5.75 Å². The molecule has 0 spiro atoms. The summed E-state index contributed by atoms with van der Waals surface area (Å²) in [5, 5.41) is 0.373. The van der Waals surface area contributed by atoms with Gasteiger partial charge >= 0.3 is 0 Å². The largest absolute Gasteiger partial charge is 0.485 e. The average molecular weight is 344 g/mol. The van der Waals surface area contributed by atoms with E-state index in [1.807, 2.05) is 0 Å². The number of hydrogen-bond donors (Lipinski definition) is 0. The van der Waals surface area contributed by atoms with E-state index in [0.717, 1.165) is 0 Å². The second-order valence-corrected chi connectivity index (χ2v) is 5.03. The smallest absolute Gasteiger partial charge is 0.201 e. The quantitative estimate of drug-likeness (QED) is 0.764. The highest BCUT2D eigenvalue weighted by molar-refractivity contribution is 9.10. The molecule has 5 heteroatoms. The van der Waals surface area contributed by atoms with Crippen molar-refractivity contribution < 1.29 is 13.9 Å². The topological polar surface area (TPSA) is 26.3 Å². The number of Topliss-reactive ketones (excluding diaryl/α,β-unsaturated/α-hetero) is 1. The lowest BCUT2D eigenvalue weighted by Gasteiger charge is -2.07. The third-order valence-corrected chi connectivity index (χ3v) is 3.41. The molecule has 2 nitrogen and oxygen atoms in total. The Morgan fingerprint density at radius 2 is 2.00 bits per heavy atom. The van der Waals surface area contributed by atoms with Crippen LogP contribution in [-0.4, -0.2) is 12.4 Å². The van der Waals surface area contributed by atoms with Gasteiger partial charge in [0.25, 0.3) is 0 Å². The zero-order valence-electron chi connectivity index (χ0n) is 9.70. The maximum absolute atomic E-state index is 13.3. The van der Waals surface area contributed by atoms with Gasteiger partial charge in [0.1, 0.15) is 11.6 Å². The molecule has 0 atom stereocenters. The van der Waals surface area contributed by atoms with Crippen LogP contribution in [0.2, 0.25) is 5.02 Å². The summed E-state index contributed by atoms with van der Waals surface area (Å²) in [5.74, 6) is -0.405. The molecule has 0 amide bonds. The molecular weight excluding hydrogens is 335 g/mol. The van der Waals surface area contributed by atoms with E-state index < -0.39 is 5.82 Å². The summed E-state index contributed by atoms with van der Waals surface area (Å²) in [7, 11) is 0. The summed E-state index contributed by atoms with van der Waals surface area (Å²) in [6, 6.07) is 11.0. The van der Waals surface area contributed by atoms with Crippen LogP contribution in [0, 0.1) is 5.82 Å². The molecule has 0 fully saturated rings. The molecule has 2 rings (SSSR count). The van der Waals surface area contributed by atoms with Gasteiger partial charge in [0.05, 0.1) is 9.50 Å². The van der Waals surface area contributed by atoms with Crippen LogP contribution < -0.4 is 4.74 Å². The number of carbonyl (C=O) groups excluding carboxylic acids is 1. The van der Waals surface area contributed by atoms with Crippen LogP contribution in [-0.2, 0) is 0 Å². The third-order valence-electron chi connectivity index (χ3n) is 2.44. The molecule has 0 radical (unpaired) electrons. The first-order valence-electron chi connectivity index (χ1n) is 5.43. The minimum absolute atomic E-state index is 0.190. The van der Waals surface area contributed by atoms with Crippen molar-refractivity contribution in [3.05, 3.63) is 63.3 Å². The van der Waals surface area contributed by atoms with Crippen molar-refractivity contribution in [2.45, 2.75) is 0 Å². The van der Waals surface area contributed by atoms with Gasteiger partial charge in [-0.15, -0.1) is 0 Å². The Balaban J connectivity index is 2.04. The molecular formula is C14H9BrClFO2. The predicted molar refractivity (Wildman–Crippen MR) is 75.4 cm³/mol. The molecule has 0 bridgehead atoms. The minimum atomic E-state index is -0.442. The lowest BCUT2D eigenvalue weighted by molar-refractivity contribution is 0.0921. The normalized spacial score (nSPS) is 10.3. The van der Waals surface area contributed by atoms with Crippen molar-refractivity contribution in [3.8, 4) is 5.75 Å². The van der Waals surface area contributed by atoms with Crippen molar-refractivity contribution in [3.63, 3.8) is 0 Å². The highest BCUT2D eigenvalue weighted by Gasteiger charge is 2.11. The molecule has 0 unspecified atom stereocenters. The minimum Gasteiger partial charge on any atom is -0.485 e. The zero-order valence-corrected chi connectivity index (χ0v) is 12.0. The molecule has 0 heterocycles. The van der Waals surface area contributed by atoms with E-state index in [0.29, 0.717) is 20.8 Å². The van der Waals surface area contributed by atoms with Crippen LogP contribution in [0.1, 0.15) is 10.4 Å². The summed E-state index contributed by atoms with van der Waals surface area (Å²) in [5.41, 5.74) is 0.391. The fraction of sp³-hybridized carbons (Fsp3) is 0.0714. The summed E-state index contributed by atoms with van der Waals surface area (Å²) >= 11 is 8.94. The Kier molecular flexibility index (Phi) is 4.56. The maximum atomic E-state index is 13.3. The summed E-state index contributed by atoms with van der Waals surface area (Å²) in [6.07, 6.45) is 0. The number of benzene rings is 2. The molecule has 2 aromatic rings. The molecule has 0 aromatic heterocycles. The first kappa shape index (κ1) is 14.0. The van der Waals surface area contributed by atoms with Crippen molar-refractivity contribution >= 4 is 33.3 Å². The molecule has 0 saturated heterocycles. The Hall–Kier alpha value is -1.39. The zero-order chi connectivity index (χ0) is 13.8.